The van der Waals surface area contributed by atoms with Crippen molar-refractivity contribution in [3.8, 4) is 11.5 Å². The fourth-order valence-corrected chi connectivity index (χ4v) is 4.10. The molecule has 27 heavy (non-hydrogen) atoms. The number of thioether (sulfide) groups is 1. The average molecular weight is 515 g/mol. The number of nitrogens with zero attached hydrogens (tertiary/aromatic N) is 2. The van der Waals surface area contributed by atoms with Crippen molar-refractivity contribution in [3.63, 3.8) is 0 Å². The normalized spacial score (nSPS) is 17.7. The van der Waals surface area contributed by atoms with E-state index >= 15 is 0 Å². The maximum Gasteiger partial charge on any atom is 0.387 e. The summed E-state index contributed by atoms with van der Waals surface area (Å²) in [5, 5.41) is 3.89. The maximum atomic E-state index is 12.6. The first kappa shape index (κ1) is 24.1. The Labute approximate surface area is 181 Å². The van der Waals surface area contributed by atoms with Crippen LogP contribution in [0.5, 0.6) is 11.5 Å². The van der Waals surface area contributed by atoms with Gasteiger partial charge in [-0.25, -0.2) is 0 Å². The van der Waals surface area contributed by atoms with E-state index in [1.165, 1.54) is 7.11 Å². The molecule has 9 heteroatoms. The third-order valence-electron chi connectivity index (χ3n) is 4.24. The number of hydrogen-bond donors (Lipinski definition) is 1. The van der Waals surface area contributed by atoms with Crippen LogP contribution in [0.3, 0.4) is 0 Å². The molecule has 0 saturated carbocycles. The topological polar surface area (TPSA) is 46.1 Å². The van der Waals surface area contributed by atoms with E-state index < -0.39 is 6.61 Å². The Morgan fingerprint density at radius 1 is 1.37 bits per heavy atom. The second-order valence-electron chi connectivity index (χ2n) is 6.36. The zero-order chi connectivity index (χ0) is 19.1. The first-order chi connectivity index (χ1) is 12.4. The molecule has 1 N–H and O–H groups in total. The predicted octanol–water partition coefficient (Wildman–Crippen LogP) is 4.06. The molecule has 2 rings (SSSR count). The Hall–Kier alpha value is -0.970. The molecule has 0 spiro atoms. The largest absolute Gasteiger partial charge is 0.493 e. The first-order valence-corrected chi connectivity index (χ1v) is 9.68. The molecule has 0 amide bonds. The van der Waals surface area contributed by atoms with Crippen molar-refractivity contribution in [3.05, 3.63) is 23.8 Å². The van der Waals surface area contributed by atoms with Gasteiger partial charge in [0.05, 0.1) is 7.11 Å². The lowest BCUT2D eigenvalue weighted by Crippen LogP contribution is -2.48. The van der Waals surface area contributed by atoms with Crippen LogP contribution in [-0.2, 0) is 6.54 Å². The molecule has 5 nitrogen and oxygen atoms in total. The van der Waals surface area contributed by atoms with Crippen molar-refractivity contribution >= 4 is 41.7 Å². The monoisotopic (exact) mass is 515 g/mol. The summed E-state index contributed by atoms with van der Waals surface area (Å²) in [5.41, 5.74) is 0.814. The van der Waals surface area contributed by atoms with E-state index in [1.54, 1.807) is 19.2 Å². The van der Waals surface area contributed by atoms with Crippen LogP contribution in [0.25, 0.3) is 0 Å². The molecule has 1 aromatic carbocycles. The van der Waals surface area contributed by atoms with Gasteiger partial charge in [-0.05, 0) is 23.6 Å². The molecule has 1 aliphatic heterocycles. The summed E-state index contributed by atoms with van der Waals surface area (Å²) in [5.74, 6) is 2.82. The highest BCUT2D eigenvalue weighted by Gasteiger charge is 2.24. The molecule has 1 saturated heterocycles. The van der Waals surface area contributed by atoms with Crippen molar-refractivity contribution in [1.82, 2.24) is 10.2 Å². The van der Waals surface area contributed by atoms with E-state index in [-0.39, 0.29) is 35.5 Å². The molecule has 1 aliphatic rings. The molecule has 1 unspecified atom stereocenters. The fraction of sp³-hybridized carbons (Fsp3) is 0.611. The molecule has 0 bridgehead atoms. The first-order valence-electron chi connectivity index (χ1n) is 8.63. The number of benzene rings is 1. The third-order valence-corrected chi connectivity index (χ3v) is 5.78. The van der Waals surface area contributed by atoms with E-state index in [0.717, 1.165) is 30.4 Å². The second-order valence-corrected chi connectivity index (χ2v) is 7.71. The number of aliphatic imine (C=N–C) groups is 1. The number of alkyl halides is 2. The van der Waals surface area contributed by atoms with Crippen LogP contribution >= 0.6 is 35.7 Å². The number of rotatable bonds is 6. The Morgan fingerprint density at radius 3 is 2.70 bits per heavy atom. The van der Waals surface area contributed by atoms with Gasteiger partial charge in [-0.2, -0.15) is 20.5 Å². The molecule has 154 valence electrons. The highest BCUT2D eigenvalue weighted by molar-refractivity contribution is 14.0. The molecule has 0 aliphatic carbocycles. The van der Waals surface area contributed by atoms with Crippen LogP contribution in [0.1, 0.15) is 19.4 Å². The molecule has 1 atom stereocenters. The van der Waals surface area contributed by atoms with Crippen LogP contribution in [0, 0.1) is 5.92 Å². The van der Waals surface area contributed by atoms with Crippen LogP contribution in [0.4, 0.5) is 8.78 Å². The fourth-order valence-electron chi connectivity index (χ4n) is 2.80. The number of nitrogens with one attached hydrogen (secondary N) is 1. The van der Waals surface area contributed by atoms with E-state index in [9.17, 15) is 8.78 Å². The van der Waals surface area contributed by atoms with E-state index in [2.05, 4.69) is 33.8 Å². The summed E-state index contributed by atoms with van der Waals surface area (Å²) in [4.78, 5) is 6.62. The summed E-state index contributed by atoms with van der Waals surface area (Å²) in [6.45, 7) is 3.93. The van der Waals surface area contributed by atoms with Crippen molar-refractivity contribution in [1.29, 1.82) is 0 Å². The standard InChI is InChI=1S/C18H27F2N3O2S.HI/c1-12(2)16-11-23(7-8-26-16)18(21-3)22-10-13-5-6-14(24-4)15(9-13)25-17(19)20;/h5-6,9,12,16-17H,7-8,10-11H2,1-4H3,(H,21,22);1H. The highest BCUT2D eigenvalue weighted by atomic mass is 127. The molecule has 0 aromatic heterocycles. The third kappa shape index (κ3) is 7.17. The summed E-state index contributed by atoms with van der Waals surface area (Å²) in [6.07, 6.45) is 0. The Bertz CT molecular complexity index is 620. The van der Waals surface area contributed by atoms with Crippen molar-refractivity contribution < 1.29 is 18.3 Å². The smallest absolute Gasteiger partial charge is 0.387 e. The molecule has 1 fully saturated rings. The minimum absolute atomic E-state index is 0. The van der Waals surface area contributed by atoms with E-state index in [0.29, 0.717) is 17.7 Å². The Kier molecular flexibility index (Phi) is 10.5. The van der Waals surface area contributed by atoms with Gasteiger partial charge in [0.2, 0.25) is 0 Å². The summed E-state index contributed by atoms with van der Waals surface area (Å²) >= 11 is 2.00. The Morgan fingerprint density at radius 2 is 2.11 bits per heavy atom. The van der Waals surface area contributed by atoms with Gasteiger partial charge >= 0.3 is 6.61 Å². The number of guanidine groups is 1. The van der Waals surface area contributed by atoms with Gasteiger partial charge in [-0.15, -0.1) is 24.0 Å². The molecule has 1 heterocycles. The summed E-state index contributed by atoms with van der Waals surface area (Å²) in [7, 11) is 3.18. The molecular formula is C18H28F2IN3O2S. The SMILES string of the molecule is CN=C(NCc1ccc(OC)c(OC(F)F)c1)N1CCSC(C(C)C)C1.I. The second kappa shape index (κ2) is 11.8. The maximum absolute atomic E-state index is 12.6. The summed E-state index contributed by atoms with van der Waals surface area (Å²) in [6, 6.07) is 5.01. The van der Waals surface area contributed by atoms with E-state index in [4.69, 9.17) is 4.74 Å². The lowest BCUT2D eigenvalue weighted by molar-refractivity contribution is -0.0512. The van der Waals surface area contributed by atoms with Gasteiger partial charge in [0, 0.05) is 37.7 Å². The number of hydrogen-bond acceptors (Lipinski definition) is 4. The van der Waals surface area contributed by atoms with Gasteiger partial charge in [0.25, 0.3) is 0 Å². The number of halogens is 3. The van der Waals surface area contributed by atoms with Gasteiger partial charge < -0.3 is 19.7 Å². The zero-order valence-electron chi connectivity index (χ0n) is 16.1. The van der Waals surface area contributed by atoms with Gasteiger partial charge in [-0.3, -0.25) is 4.99 Å². The Balaban J connectivity index is 0.00000364. The van der Waals surface area contributed by atoms with Crippen molar-refractivity contribution in [2.45, 2.75) is 32.3 Å². The van der Waals surface area contributed by atoms with Crippen molar-refractivity contribution in [2.75, 3.05) is 33.0 Å². The van der Waals surface area contributed by atoms with Crippen molar-refractivity contribution in [2.24, 2.45) is 10.9 Å². The van der Waals surface area contributed by atoms with Crippen LogP contribution in [0.2, 0.25) is 0 Å². The summed E-state index contributed by atoms with van der Waals surface area (Å²) < 4.78 is 34.7. The number of methoxy groups -OCH3 is 1. The number of ether oxygens (including phenoxy) is 2. The minimum Gasteiger partial charge on any atom is -0.493 e. The quantitative estimate of drug-likeness (QED) is 0.352. The highest BCUT2D eigenvalue weighted by Crippen LogP contribution is 2.29. The predicted molar refractivity (Wildman–Crippen MR) is 118 cm³/mol. The van der Waals surface area contributed by atoms with Crippen LogP contribution in [-0.4, -0.2) is 55.7 Å². The molecular weight excluding hydrogens is 487 g/mol. The molecule has 0 radical (unpaired) electrons. The lowest BCUT2D eigenvalue weighted by Gasteiger charge is -2.36. The van der Waals surface area contributed by atoms with Crippen LogP contribution < -0.4 is 14.8 Å². The van der Waals surface area contributed by atoms with Gasteiger partial charge in [0.15, 0.2) is 17.5 Å². The molecule has 1 aromatic rings. The minimum atomic E-state index is -2.89. The van der Waals surface area contributed by atoms with Crippen LogP contribution in [0.15, 0.2) is 23.2 Å². The van der Waals surface area contributed by atoms with Gasteiger partial charge in [0.1, 0.15) is 0 Å². The average Bonchev–Trinajstić information content (AvgIpc) is 2.62. The van der Waals surface area contributed by atoms with Gasteiger partial charge in [-0.1, -0.05) is 19.9 Å². The lowest BCUT2D eigenvalue weighted by atomic mass is 10.1. The zero-order valence-corrected chi connectivity index (χ0v) is 19.2. The van der Waals surface area contributed by atoms with E-state index in [1.807, 2.05) is 17.8 Å².